The Morgan fingerprint density at radius 2 is 1.84 bits per heavy atom. The molecule has 3 rings (SSSR count). The monoisotopic (exact) mass is 264 g/mol. The average molecular weight is 264 g/mol. The lowest BCUT2D eigenvalue weighted by atomic mass is 10.0. The Morgan fingerprint density at radius 1 is 1.26 bits per heavy atom. The Kier molecular flexibility index (Phi) is 3.16. The second-order valence-electron chi connectivity index (χ2n) is 7.83. The Balaban J connectivity index is 1.81. The number of hydrogen-bond donors (Lipinski definition) is 1. The molecule has 3 nitrogen and oxygen atoms in total. The molecule has 0 aromatic heterocycles. The van der Waals surface area contributed by atoms with Crippen LogP contribution in [0.4, 0.5) is 0 Å². The predicted octanol–water partition coefficient (Wildman–Crippen LogP) is 2.76. The van der Waals surface area contributed by atoms with Gasteiger partial charge < -0.3 is 4.90 Å². The van der Waals surface area contributed by atoms with Gasteiger partial charge in [0, 0.05) is 6.04 Å². The van der Waals surface area contributed by atoms with Gasteiger partial charge in [-0.15, -0.1) is 0 Å². The number of nitrogens with zero attached hydrogens (tertiary/aromatic N) is 1. The van der Waals surface area contributed by atoms with Gasteiger partial charge in [-0.3, -0.25) is 10.1 Å². The first-order valence-corrected chi connectivity index (χ1v) is 8.00. The predicted molar refractivity (Wildman–Crippen MR) is 76.5 cm³/mol. The largest absolute Gasteiger partial charge is 0.322 e. The van der Waals surface area contributed by atoms with E-state index in [1.807, 2.05) is 0 Å². The van der Waals surface area contributed by atoms with Crippen LogP contribution < -0.4 is 5.32 Å². The Morgan fingerprint density at radius 3 is 2.32 bits per heavy atom. The van der Waals surface area contributed by atoms with Crippen molar-refractivity contribution in [2.45, 2.75) is 78.0 Å². The minimum Gasteiger partial charge on any atom is -0.322 e. The van der Waals surface area contributed by atoms with Crippen molar-refractivity contribution in [1.29, 1.82) is 0 Å². The van der Waals surface area contributed by atoms with Crippen LogP contribution in [0.15, 0.2) is 0 Å². The van der Waals surface area contributed by atoms with Crippen LogP contribution in [0.1, 0.15) is 59.8 Å². The van der Waals surface area contributed by atoms with Gasteiger partial charge in [-0.05, 0) is 36.5 Å². The van der Waals surface area contributed by atoms with Crippen molar-refractivity contribution in [2.24, 2.45) is 17.3 Å². The lowest BCUT2D eigenvalue weighted by Crippen LogP contribution is -2.45. The maximum absolute atomic E-state index is 12.7. The van der Waals surface area contributed by atoms with Crippen LogP contribution in [0.2, 0.25) is 0 Å². The van der Waals surface area contributed by atoms with Gasteiger partial charge in [0.1, 0.15) is 0 Å². The van der Waals surface area contributed by atoms with Crippen LogP contribution in [-0.2, 0) is 4.79 Å². The van der Waals surface area contributed by atoms with Gasteiger partial charge in [-0.1, -0.05) is 40.5 Å². The van der Waals surface area contributed by atoms with E-state index in [1.54, 1.807) is 0 Å². The summed E-state index contributed by atoms with van der Waals surface area (Å²) < 4.78 is 0. The lowest BCUT2D eigenvalue weighted by Gasteiger charge is -2.30. The zero-order valence-electron chi connectivity index (χ0n) is 12.8. The highest BCUT2D eigenvalue weighted by atomic mass is 16.2. The summed E-state index contributed by atoms with van der Waals surface area (Å²) in [5, 5.41) is 3.67. The molecular weight excluding hydrogens is 236 g/mol. The molecule has 3 aliphatic rings. The fraction of sp³-hybridized carbons (Fsp3) is 0.938. The van der Waals surface area contributed by atoms with E-state index >= 15 is 0 Å². The molecule has 19 heavy (non-hydrogen) atoms. The Labute approximate surface area is 117 Å². The van der Waals surface area contributed by atoms with Crippen molar-refractivity contribution >= 4 is 5.91 Å². The molecule has 3 fully saturated rings. The molecule has 3 atom stereocenters. The highest BCUT2D eigenvalue weighted by Gasteiger charge is 2.57. The van der Waals surface area contributed by atoms with E-state index in [0.29, 0.717) is 35.4 Å². The van der Waals surface area contributed by atoms with Crippen molar-refractivity contribution in [2.75, 3.05) is 0 Å². The van der Waals surface area contributed by atoms with Gasteiger partial charge in [0.15, 0.2) is 0 Å². The van der Waals surface area contributed by atoms with E-state index in [9.17, 15) is 4.79 Å². The second-order valence-corrected chi connectivity index (χ2v) is 7.83. The van der Waals surface area contributed by atoms with Crippen molar-refractivity contribution in [3.05, 3.63) is 0 Å². The third kappa shape index (κ3) is 2.20. The van der Waals surface area contributed by atoms with Crippen molar-refractivity contribution in [3.8, 4) is 0 Å². The average Bonchev–Trinajstić information content (AvgIpc) is 2.76. The number of rotatable bonds is 3. The molecule has 2 aliphatic carbocycles. The van der Waals surface area contributed by atoms with E-state index < -0.39 is 0 Å². The van der Waals surface area contributed by atoms with Crippen LogP contribution in [0.25, 0.3) is 0 Å². The number of nitrogens with one attached hydrogen (secondary N) is 1. The highest BCUT2D eigenvalue weighted by Crippen LogP contribution is 2.51. The maximum Gasteiger partial charge on any atom is 0.241 e. The van der Waals surface area contributed by atoms with Crippen LogP contribution in [-0.4, -0.2) is 29.1 Å². The Hall–Kier alpha value is -0.570. The lowest BCUT2D eigenvalue weighted by molar-refractivity contribution is -0.132. The minimum absolute atomic E-state index is 0.0435. The molecule has 2 saturated carbocycles. The zero-order valence-corrected chi connectivity index (χ0v) is 12.8. The third-order valence-corrected chi connectivity index (χ3v) is 5.48. The first-order chi connectivity index (χ1) is 8.92. The summed E-state index contributed by atoms with van der Waals surface area (Å²) in [6.07, 6.45) is 6.75. The fourth-order valence-electron chi connectivity index (χ4n) is 4.01. The fourth-order valence-corrected chi connectivity index (χ4v) is 4.01. The van der Waals surface area contributed by atoms with Gasteiger partial charge in [0.25, 0.3) is 0 Å². The van der Waals surface area contributed by atoms with Crippen molar-refractivity contribution in [1.82, 2.24) is 10.2 Å². The van der Waals surface area contributed by atoms with Crippen LogP contribution in [0.3, 0.4) is 0 Å². The molecule has 3 heteroatoms. The summed E-state index contributed by atoms with van der Waals surface area (Å²) in [6.45, 7) is 8.89. The SMILES string of the molecule is CC(C)C1NC(C2CCCC2)N(C2CC2(C)C)C1=O. The first-order valence-electron chi connectivity index (χ1n) is 8.00. The molecular formula is C16H28N2O. The van der Waals surface area contributed by atoms with Gasteiger partial charge >= 0.3 is 0 Å². The molecule has 1 saturated heterocycles. The van der Waals surface area contributed by atoms with Crippen LogP contribution in [0.5, 0.6) is 0 Å². The van der Waals surface area contributed by atoms with Crippen LogP contribution in [0, 0.1) is 17.3 Å². The van der Waals surface area contributed by atoms with Crippen molar-refractivity contribution < 1.29 is 4.79 Å². The first kappa shape index (κ1) is 13.4. The molecule has 0 aromatic carbocycles. The number of carbonyl (C=O) groups is 1. The maximum atomic E-state index is 12.7. The molecule has 0 aromatic rings. The summed E-state index contributed by atoms with van der Waals surface area (Å²) in [5.74, 6) is 1.44. The molecule has 1 N–H and O–H groups in total. The van der Waals surface area contributed by atoms with Gasteiger partial charge in [-0.25, -0.2) is 0 Å². The van der Waals surface area contributed by atoms with E-state index in [2.05, 4.69) is 37.9 Å². The van der Waals surface area contributed by atoms with Crippen LogP contribution >= 0.6 is 0 Å². The van der Waals surface area contributed by atoms with Gasteiger partial charge in [-0.2, -0.15) is 0 Å². The number of amides is 1. The summed E-state index contributed by atoms with van der Waals surface area (Å²) >= 11 is 0. The summed E-state index contributed by atoms with van der Waals surface area (Å²) in [4.78, 5) is 15.0. The zero-order chi connectivity index (χ0) is 13.8. The molecule has 3 unspecified atom stereocenters. The molecule has 1 aliphatic heterocycles. The highest BCUT2D eigenvalue weighted by molar-refractivity contribution is 5.85. The molecule has 1 amide bonds. The number of hydrogen-bond acceptors (Lipinski definition) is 2. The third-order valence-electron chi connectivity index (χ3n) is 5.48. The van der Waals surface area contributed by atoms with E-state index in [0.717, 1.165) is 0 Å². The van der Waals surface area contributed by atoms with Crippen molar-refractivity contribution in [3.63, 3.8) is 0 Å². The molecule has 108 valence electrons. The molecule has 0 spiro atoms. The van der Waals surface area contributed by atoms with Gasteiger partial charge in [0.2, 0.25) is 5.91 Å². The van der Waals surface area contributed by atoms with E-state index in [4.69, 9.17) is 0 Å². The quantitative estimate of drug-likeness (QED) is 0.850. The molecule has 1 heterocycles. The smallest absolute Gasteiger partial charge is 0.241 e. The second kappa shape index (κ2) is 4.47. The van der Waals surface area contributed by atoms with E-state index in [-0.39, 0.29) is 6.04 Å². The Bertz CT molecular complexity index is 371. The standard InChI is InChI=1S/C16H28N2O/c1-10(2)13-15(19)18(12-9-16(12,3)4)14(17-13)11-7-5-6-8-11/h10-14,17H,5-9H2,1-4H3. The molecule has 0 bridgehead atoms. The topological polar surface area (TPSA) is 32.3 Å². The number of carbonyl (C=O) groups excluding carboxylic acids is 1. The summed E-state index contributed by atoms with van der Waals surface area (Å²) in [7, 11) is 0. The van der Waals surface area contributed by atoms with E-state index in [1.165, 1.54) is 32.1 Å². The minimum atomic E-state index is 0.0435. The summed E-state index contributed by atoms with van der Waals surface area (Å²) in [5.41, 5.74) is 0.333. The summed E-state index contributed by atoms with van der Waals surface area (Å²) in [6, 6.07) is 0.517. The molecule has 0 radical (unpaired) electrons. The normalized spacial score (nSPS) is 38.5. The van der Waals surface area contributed by atoms with Gasteiger partial charge in [0.05, 0.1) is 12.2 Å².